The second-order valence-corrected chi connectivity index (χ2v) is 8.26. The second-order valence-electron chi connectivity index (χ2n) is 8.26. The number of aromatic nitrogens is 1. The van der Waals surface area contributed by atoms with Gasteiger partial charge in [-0.3, -0.25) is 4.98 Å². The standard InChI is InChI=1S/C27H29FN2O2/c1-32-25-7-2-5-21(19-25)26(22-6-3-15-29-20-22)8-4-16-30-17-13-27(31,14-18-30)23-9-11-24(28)12-10-23/h2-3,5-12,15,19-20,31H,4,13-14,16-18H2,1H3/b26-8-. The van der Waals surface area contributed by atoms with Crippen molar-refractivity contribution >= 4 is 5.57 Å². The minimum atomic E-state index is -0.874. The van der Waals surface area contributed by atoms with Gasteiger partial charge in [-0.15, -0.1) is 0 Å². The number of hydrogen-bond donors (Lipinski definition) is 1. The zero-order chi connectivity index (χ0) is 22.4. The lowest BCUT2D eigenvalue weighted by molar-refractivity contribution is -0.0254. The van der Waals surface area contributed by atoms with E-state index in [4.69, 9.17) is 4.74 Å². The van der Waals surface area contributed by atoms with Crippen molar-refractivity contribution in [3.05, 3.63) is 102 Å². The van der Waals surface area contributed by atoms with Crippen LogP contribution >= 0.6 is 0 Å². The van der Waals surface area contributed by atoms with Crippen LogP contribution in [0.25, 0.3) is 5.57 Å². The van der Waals surface area contributed by atoms with Gasteiger partial charge >= 0.3 is 0 Å². The van der Waals surface area contributed by atoms with Gasteiger partial charge in [0.1, 0.15) is 11.6 Å². The summed E-state index contributed by atoms with van der Waals surface area (Å²) in [6.07, 6.45) is 8.10. The molecule has 1 aliphatic rings. The van der Waals surface area contributed by atoms with Crippen molar-refractivity contribution in [2.24, 2.45) is 0 Å². The molecule has 0 aliphatic carbocycles. The van der Waals surface area contributed by atoms with Crippen LogP contribution in [0.1, 0.15) is 36.0 Å². The molecule has 32 heavy (non-hydrogen) atoms. The number of hydrogen-bond acceptors (Lipinski definition) is 4. The number of halogens is 1. The maximum Gasteiger partial charge on any atom is 0.123 e. The molecule has 1 aromatic heterocycles. The molecule has 1 aliphatic heterocycles. The normalized spacial score (nSPS) is 16.7. The second kappa shape index (κ2) is 10.1. The number of nitrogens with zero attached hydrogens (tertiary/aromatic N) is 2. The lowest BCUT2D eigenvalue weighted by Crippen LogP contribution is -2.42. The lowest BCUT2D eigenvalue weighted by Gasteiger charge is -2.38. The first kappa shape index (κ1) is 22.2. The Labute approximate surface area is 189 Å². The molecule has 5 heteroatoms. The van der Waals surface area contributed by atoms with E-state index >= 15 is 0 Å². The fraction of sp³-hybridized carbons (Fsp3) is 0.296. The van der Waals surface area contributed by atoms with Crippen LogP contribution in [0.2, 0.25) is 0 Å². The molecule has 4 nitrogen and oxygen atoms in total. The van der Waals surface area contributed by atoms with Crippen molar-refractivity contribution in [2.45, 2.75) is 24.9 Å². The van der Waals surface area contributed by atoms with E-state index in [1.165, 1.54) is 12.1 Å². The van der Waals surface area contributed by atoms with E-state index in [-0.39, 0.29) is 5.82 Å². The third-order valence-corrected chi connectivity index (χ3v) is 6.21. The molecule has 1 fully saturated rings. The number of aliphatic hydroxyl groups is 1. The largest absolute Gasteiger partial charge is 0.497 e. The Balaban J connectivity index is 1.42. The fourth-order valence-corrected chi connectivity index (χ4v) is 4.30. The fourth-order valence-electron chi connectivity index (χ4n) is 4.30. The van der Waals surface area contributed by atoms with Crippen LogP contribution in [0.4, 0.5) is 4.39 Å². The van der Waals surface area contributed by atoms with Crippen LogP contribution in [0.3, 0.4) is 0 Å². The quantitative estimate of drug-likeness (QED) is 0.569. The predicted molar refractivity (Wildman–Crippen MR) is 125 cm³/mol. The molecule has 166 valence electrons. The Morgan fingerprint density at radius 2 is 1.84 bits per heavy atom. The maximum atomic E-state index is 13.2. The van der Waals surface area contributed by atoms with Gasteiger partial charge in [0.05, 0.1) is 12.7 Å². The Bertz CT molecular complexity index is 1040. The Hall–Kier alpha value is -3.02. The SMILES string of the molecule is COc1cccc(/C(=C/CCN2CCC(O)(c3ccc(F)cc3)CC2)c2cccnc2)c1. The average Bonchev–Trinajstić information content (AvgIpc) is 2.84. The first-order chi connectivity index (χ1) is 15.6. The van der Waals surface area contributed by atoms with Crippen LogP contribution in [0.5, 0.6) is 5.75 Å². The average molecular weight is 433 g/mol. The molecule has 0 unspecified atom stereocenters. The molecule has 0 spiro atoms. The van der Waals surface area contributed by atoms with E-state index in [1.54, 1.807) is 25.4 Å². The summed E-state index contributed by atoms with van der Waals surface area (Å²) in [5.74, 6) is 0.551. The summed E-state index contributed by atoms with van der Waals surface area (Å²) >= 11 is 0. The van der Waals surface area contributed by atoms with Gasteiger partial charge in [0, 0.05) is 37.6 Å². The van der Waals surface area contributed by atoms with Crippen LogP contribution in [0.15, 0.2) is 79.1 Å². The first-order valence-corrected chi connectivity index (χ1v) is 11.0. The molecule has 0 saturated carbocycles. The Kier molecular flexibility index (Phi) is 6.98. The van der Waals surface area contributed by atoms with Gasteiger partial charge in [-0.2, -0.15) is 0 Å². The zero-order valence-corrected chi connectivity index (χ0v) is 18.4. The van der Waals surface area contributed by atoms with Crippen LogP contribution in [-0.2, 0) is 5.60 Å². The summed E-state index contributed by atoms with van der Waals surface area (Å²) in [6, 6.07) is 18.3. The Morgan fingerprint density at radius 1 is 1.09 bits per heavy atom. The van der Waals surface area contributed by atoms with Gasteiger partial charge in [-0.05, 0) is 66.3 Å². The third kappa shape index (κ3) is 5.23. The summed E-state index contributed by atoms with van der Waals surface area (Å²) in [5, 5.41) is 11.0. The van der Waals surface area contributed by atoms with Crippen molar-refractivity contribution in [3.8, 4) is 5.75 Å². The van der Waals surface area contributed by atoms with Crippen LogP contribution in [0, 0.1) is 5.82 Å². The molecule has 4 rings (SSSR count). The van der Waals surface area contributed by atoms with E-state index in [1.807, 2.05) is 30.5 Å². The summed E-state index contributed by atoms with van der Waals surface area (Å²) in [5.41, 5.74) is 3.24. The van der Waals surface area contributed by atoms with E-state index < -0.39 is 5.60 Å². The van der Waals surface area contributed by atoms with Gasteiger partial charge in [-0.1, -0.05) is 36.4 Å². The molecule has 2 aromatic carbocycles. The lowest BCUT2D eigenvalue weighted by atomic mass is 9.84. The molecular formula is C27H29FN2O2. The topological polar surface area (TPSA) is 45.6 Å². The summed E-state index contributed by atoms with van der Waals surface area (Å²) in [4.78, 5) is 6.66. The number of ether oxygens (including phenoxy) is 1. The van der Waals surface area contributed by atoms with Crippen LogP contribution in [-0.4, -0.2) is 41.7 Å². The predicted octanol–water partition coefficient (Wildman–Crippen LogP) is 5.03. The number of methoxy groups -OCH3 is 1. The summed E-state index contributed by atoms with van der Waals surface area (Å²) in [6.45, 7) is 2.53. The molecule has 3 aromatic rings. The van der Waals surface area contributed by atoms with Gasteiger partial charge < -0.3 is 14.7 Å². The number of likely N-dealkylation sites (tertiary alicyclic amines) is 1. The van der Waals surface area contributed by atoms with Gasteiger partial charge in [-0.25, -0.2) is 4.39 Å². The molecule has 0 atom stereocenters. The van der Waals surface area contributed by atoms with Crippen molar-refractivity contribution in [2.75, 3.05) is 26.7 Å². The van der Waals surface area contributed by atoms with Crippen LogP contribution < -0.4 is 4.74 Å². The number of benzene rings is 2. The minimum Gasteiger partial charge on any atom is -0.497 e. The van der Waals surface area contributed by atoms with Gasteiger partial charge in [0.25, 0.3) is 0 Å². The monoisotopic (exact) mass is 432 g/mol. The molecule has 2 heterocycles. The number of piperidine rings is 1. The summed E-state index contributed by atoms with van der Waals surface area (Å²) < 4.78 is 18.6. The van der Waals surface area contributed by atoms with Gasteiger partial charge in [0.2, 0.25) is 0 Å². The van der Waals surface area contributed by atoms with Gasteiger partial charge in [0.15, 0.2) is 0 Å². The van der Waals surface area contributed by atoms with Crippen molar-refractivity contribution in [1.29, 1.82) is 0 Å². The summed E-state index contributed by atoms with van der Waals surface area (Å²) in [7, 11) is 1.68. The highest BCUT2D eigenvalue weighted by Crippen LogP contribution is 2.33. The van der Waals surface area contributed by atoms with E-state index in [0.717, 1.165) is 54.1 Å². The molecule has 0 amide bonds. The first-order valence-electron chi connectivity index (χ1n) is 11.0. The highest BCUT2D eigenvalue weighted by atomic mass is 19.1. The molecule has 1 N–H and O–H groups in total. The third-order valence-electron chi connectivity index (χ3n) is 6.21. The molecule has 1 saturated heterocycles. The maximum absolute atomic E-state index is 13.2. The van der Waals surface area contributed by atoms with Crippen molar-refractivity contribution in [1.82, 2.24) is 9.88 Å². The van der Waals surface area contributed by atoms with Crippen molar-refractivity contribution in [3.63, 3.8) is 0 Å². The van der Waals surface area contributed by atoms with Crippen molar-refractivity contribution < 1.29 is 14.2 Å². The van der Waals surface area contributed by atoms with E-state index in [0.29, 0.717) is 12.8 Å². The molecular weight excluding hydrogens is 403 g/mol. The smallest absolute Gasteiger partial charge is 0.123 e. The highest BCUT2D eigenvalue weighted by molar-refractivity contribution is 5.79. The Morgan fingerprint density at radius 3 is 2.53 bits per heavy atom. The minimum absolute atomic E-state index is 0.276. The molecule has 0 radical (unpaired) electrons. The zero-order valence-electron chi connectivity index (χ0n) is 18.4. The van der Waals surface area contributed by atoms with E-state index in [9.17, 15) is 9.50 Å². The number of pyridine rings is 1. The van der Waals surface area contributed by atoms with E-state index in [2.05, 4.69) is 28.1 Å². The number of rotatable bonds is 7. The molecule has 0 bridgehead atoms. The highest BCUT2D eigenvalue weighted by Gasteiger charge is 2.33.